The van der Waals surface area contributed by atoms with Crippen LogP contribution in [0.15, 0.2) is 96.0 Å². The first-order chi connectivity index (χ1) is 11.3. The number of nitrogens with zero attached hydrogens (tertiary/aromatic N) is 1. The molecule has 0 N–H and O–H groups in total. The molecule has 0 aliphatic heterocycles. The Hall–Kier alpha value is -2.93. The SMILES string of the molecule is Cc1ccccc1N=C(C=Cc1ccccc1)c1ccccc1. The quantitative estimate of drug-likeness (QED) is 0.537. The summed E-state index contributed by atoms with van der Waals surface area (Å²) in [5.74, 6) is 0. The van der Waals surface area contributed by atoms with E-state index in [0.29, 0.717) is 0 Å². The Kier molecular flexibility index (Phi) is 4.80. The van der Waals surface area contributed by atoms with Crippen molar-refractivity contribution in [2.75, 3.05) is 0 Å². The van der Waals surface area contributed by atoms with E-state index in [4.69, 9.17) is 4.99 Å². The Balaban J connectivity index is 2.01. The molecule has 23 heavy (non-hydrogen) atoms. The number of hydrogen-bond donors (Lipinski definition) is 0. The Morgan fingerprint density at radius 3 is 2.04 bits per heavy atom. The minimum absolute atomic E-state index is 0.962. The van der Waals surface area contributed by atoms with E-state index < -0.39 is 0 Å². The number of rotatable bonds is 4. The van der Waals surface area contributed by atoms with Gasteiger partial charge in [0, 0.05) is 5.56 Å². The molecule has 3 aromatic rings. The van der Waals surface area contributed by atoms with Gasteiger partial charge in [-0.05, 0) is 30.2 Å². The van der Waals surface area contributed by atoms with Crippen LogP contribution >= 0.6 is 0 Å². The number of aryl methyl sites for hydroxylation is 1. The van der Waals surface area contributed by atoms with E-state index in [1.54, 1.807) is 0 Å². The highest BCUT2D eigenvalue weighted by Crippen LogP contribution is 2.19. The van der Waals surface area contributed by atoms with Gasteiger partial charge in [-0.25, -0.2) is 4.99 Å². The molecule has 0 bridgehead atoms. The van der Waals surface area contributed by atoms with Crippen molar-refractivity contribution >= 4 is 17.5 Å². The molecule has 3 rings (SSSR count). The van der Waals surface area contributed by atoms with Crippen molar-refractivity contribution in [1.29, 1.82) is 0 Å². The monoisotopic (exact) mass is 297 g/mol. The molecule has 0 fully saturated rings. The van der Waals surface area contributed by atoms with Crippen molar-refractivity contribution in [1.82, 2.24) is 0 Å². The normalized spacial score (nSPS) is 11.8. The van der Waals surface area contributed by atoms with Crippen LogP contribution in [-0.4, -0.2) is 5.71 Å². The van der Waals surface area contributed by atoms with E-state index in [2.05, 4.69) is 55.5 Å². The van der Waals surface area contributed by atoms with Crippen LogP contribution in [0.25, 0.3) is 6.08 Å². The zero-order chi connectivity index (χ0) is 15.9. The topological polar surface area (TPSA) is 12.4 Å². The zero-order valence-corrected chi connectivity index (χ0v) is 13.2. The van der Waals surface area contributed by atoms with Gasteiger partial charge in [-0.15, -0.1) is 0 Å². The standard InChI is InChI=1S/C22H19N/c1-18-10-8-9-15-21(18)23-22(20-13-6-3-7-14-20)17-16-19-11-4-2-5-12-19/h2-17H,1H3. The highest BCUT2D eigenvalue weighted by atomic mass is 14.7. The summed E-state index contributed by atoms with van der Waals surface area (Å²) in [5, 5.41) is 0. The molecule has 0 aliphatic rings. The Morgan fingerprint density at radius 1 is 0.739 bits per heavy atom. The van der Waals surface area contributed by atoms with Crippen LogP contribution < -0.4 is 0 Å². The fraction of sp³-hybridized carbons (Fsp3) is 0.0455. The number of aliphatic imine (C=N–C) groups is 1. The van der Waals surface area contributed by atoms with Crippen LogP contribution in [-0.2, 0) is 0 Å². The summed E-state index contributed by atoms with van der Waals surface area (Å²) < 4.78 is 0. The number of para-hydroxylation sites is 1. The van der Waals surface area contributed by atoms with Gasteiger partial charge in [0.25, 0.3) is 0 Å². The number of allylic oxidation sites excluding steroid dienone is 1. The molecule has 112 valence electrons. The van der Waals surface area contributed by atoms with Gasteiger partial charge in [0.1, 0.15) is 0 Å². The predicted octanol–water partition coefficient (Wildman–Crippen LogP) is 5.83. The minimum atomic E-state index is 0.962. The summed E-state index contributed by atoms with van der Waals surface area (Å²) in [7, 11) is 0. The molecule has 3 aromatic carbocycles. The molecule has 0 radical (unpaired) electrons. The maximum Gasteiger partial charge on any atom is 0.0709 e. The molecule has 0 aliphatic carbocycles. The van der Waals surface area contributed by atoms with Gasteiger partial charge in [0.2, 0.25) is 0 Å². The van der Waals surface area contributed by atoms with E-state index in [9.17, 15) is 0 Å². The predicted molar refractivity (Wildman–Crippen MR) is 99.3 cm³/mol. The first-order valence-corrected chi connectivity index (χ1v) is 7.76. The Morgan fingerprint density at radius 2 is 1.35 bits per heavy atom. The zero-order valence-electron chi connectivity index (χ0n) is 13.2. The average molecular weight is 297 g/mol. The minimum Gasteiger partial charge on any atom is -0.248 e. The van der Waals surface area contributed by atoms with E-state index in [1.165, 1.54) is 11.1 Å². The summed E-state index contributed by atoms with van der Waals surface area (Å²) in [6.07, 6.45) is 4.18. The summed E-state index contributed by atoms with van der Waals surface area (Å²) in [6, 6.07) is 28.8. The van der Waals surface area contributed by atoms with Crippen molar-refractivity contribution in [3.05, 3.63) is 108 Å². The lowest BCUT2D eigenvalue weighted by atomic mass is 10.1. The van der Waals surface area contributed by atoms with Crippen LogP contribution in [0.5, 0.6) is 0 Å². The van der Waals surface area contributed by atoms with Crippen molar-refractivity contribution in [3.8, 4) is 0 Å². The van der Waals surface area contributed by atoms with Crippen LogP contribution in [0.1, 0.15) is 16.7 Å². The third-order valence-electron chi connectivity index (χ3n) is 3.66. The molecule has 0 saturated carbocycles. The maximum absolute atomic E-state index is 4.87. The lowest BCUT2D eigenvalue weighted by molar-refractivity contribution is 1.39. The second-order valence-corrected chi connectivity index (χ2v) is 5.39. The molecule has 0 atom stereocenters. The van der Waals surface area contributed by atoms with Crippen molar-refractivity contribution in [3.63, 3.8) is 0 Å². The van der Waals surface area contributed by atoms with E-state index in [0.717, 1.165) is 17.0 Å². The molecule has 0 aromatic heterocycles. The smallest absolute Gasteiger partial charge is 0.0709 e. The van der Waals surface area contributed by atoms with Crippen molar-refractivity contribution < 1.29 is 0 Å². The Labute approximate surface area is 137 Å². The summed E-state index contributed by atoms with van der Waals surface area (Å²) in [6.45, 7) is 2.09. The second-order valence-electron chi connectivity index (χ2n) is 5.39. The van der Waals surface area contributed by atoms with Gasteiger partial charge < -0.3 is 0 Å². The van der Waals surface area contributed by atoms with Gasteiger partial charge in [0.05, 0.1) is 11.4 Å². The summed E-state index contributed by atoms with van der Waals surface area (Å²) >= 11 is 0. The lowest BCUT2D eigenvalue weighted by Gasteiger charge is -2.05. The lowest BCUT2D eigenvalue weighted by Crippen LogP contribution is -1.96. The highest BCUT2D eigenvalue weighted by Gasteiger charge is 2.01. The number of hydrogen-bond acceptors (Lipinski definition) is 1. The summed E-state index contributed by atoms with van der Waals surface area (Å²) in [4.78, 5) is 4.87. The largest absolute Gasteiger partial charge is 0.248 e. The molecular weight excluding hydrogens is 278 g/mol. The third-order valence-corrected chi connectivity index (χ3v) is 3.66. The van der Waals surface area contributed by atoms with E-state index >= 15 is 0 Å². The Bertz CT molecular complexity index is 815. The third kappa shape index (κ3) is 4.04. The van der Waals surface area contributed by atoms with Crippen LogP contribution in [0.4, 0.5) is 5.69 Å². The highest BCUT2D eigenvalue weighted by molar-refractivity contribution is 6.11. The molecule has 0 spiro atoms. The number of benzene rings is 3. The van der Waals surface area contributed by atoms with E-state index in [1.807, 2.05) is 48.5 Å². The van der Waals surface area contributed by atoms with Crippen molar-refractivity contribution in [2.24, 2.45) is 4.99 Å². The fourth-order valence-electron chi connectivity index (χ4n) is 2.36. The second kappa shape index (κ2) is 7.37. The molecular formula is C22H19N. The molecule has 1 nitrogen and oxygen atoms in total. The van der Waals surface area contributed by atoms with Crippen LogP contribution in [0.3, 0.4) is 0 Å². The molecule has 0 saturated heterocycles. The van der Waals surface area contributed by atoms with Gasteiger partial charge in [-0.1, -0.05) is 84.9 Å². The molecule has 0 unspecified atom stereocenters. The maximum atomic E-state index is 4.87. The van der Waals surface area contributed by atoms with Crippen LogP contribution in [0, 0.1) is 6.92 Å². The van der Waals surface area contributed by atoms with Gasteiger partial charge in [-0.3, -0.25) is 0 Å². The average Bonchev–Trinajstić information content (AvgIpc) is 2.62. The summed E-state index contributed by atoms with van der Waals surface area (Å²) in [5.41, 5.74) is 5.42. The van der Waals surface area contributed by atoms with E-state index in [-0.39, 0.29) is 0 Å². The van der Waals surface area contributed by atoms with Crippen LogP contribution in [0.2, 0.25) is 0 Å². The molecule has 0 amide bonds. The van der Waals surface area contributed by atoms with Gasteiger partial charge >= 0.3 is 0 Å². The first-order valence-electron chi connectivity index (χ1n) is 7.76. The molecule has 0 heterocycles. The van der Waals surface area contributed by atoms with Gasteiger partial charge in [-0.2, -0.15) is 0 Å². The fourth-order valence-corrected chi connectivity index (χ4v) is 2.36. The van der Waals surface area contributed by atoms with Gasteiger partial charge in [0.15, 0.2) is 0 Å². The van der Waals surface area contributed by atoms with Crippen molar-refractivity contribution in [2.45, 2.75) is 6.92 Å². The molecule has 1 heteroatoms. The first kappa shape index (κ1) is 15.0.